The van der Waals surface area contributed by atoms with Gasteiger partial charge in [0.1, 0.15) is 5.75 Å². The van der Waals surface area contributed by atoms with Gasteiger partial charge in [-0.3, -0.25) is 4.79 Å². The average molecular weight is 381 g/mol. The van der Waals surface area contributed by atoms with E-state index in [1.165, 1.54) is 0 Å². The first-order valence-corrected chi connectivity index (χ1v) is 6.91. The number of halogens is 1. The smallest absolute Gasteiger partial charge is 0.299 e. The molecule has 130 valence electrons. The molecular formula is C13H21ClN4O3S2. The van der Waals surface area contributed by atoms with Crippen LogP contribution in [0.25, 0.3) is 0 Å². The Kier molecular flexibility index (Phi) is 12.1. The first-order valence-electron chi connectivity index (χ1n) is 6.06. The van der Waals surface area contributed by atoms with Crippen molar-refractivity contribution in [1.82, 2.24) is 9.80 Å². The van der Waals surface area contributed by atoms with Gasteiger partial charge in [0.05, 0.1) is 5.69 Å². The number of amidine groups is 1. The molecule has 0 aliphatic rings. The first kappa shape index (κ1) is 23.6. The molecule has 0 saturated carbocycles. The predicted molar refractivity (Wildman–Crippen MR) is 102 cm³/mol. The monoisotopic (exact) mass is 380 g/mol. The highest BCUT2D eigenvalue weighted by molar-refractivity contribution is 7.96. The van der Waals surface area contributed by atoms with E-state index in [0.717, 1.165) is 0 Å². The summed E-state index contributed by atoms with van der Waals surface area (Å²) >= 11 is 8.17. The van der Waals surface area contributed by atoms with Gasteiger partial charge in [-0.2, -0.15) is 4.99 Å². The summed E-state index contributed by atoms with van der Waals surface area (Å²) in [5, 5.41) is 9.06. The minimum Gasteiger partial charge on any atom is -0.508 e. The molecule has 1 amide bonds. The highest BCUT2D eigenvalue weighted by Crippen LogP contribution is 2.19. The summed E-state index contributed by atoms with van der Waals surface area (Å²) in [6.07, 6.45) is 0. The second-order valence-electron chi connectivity index (χ2n) is 4.41. The number of thiocarbonyl (C=S) groups is 1. The van der Waals surface area contributed by atoms with Gasteiger partial charge in [0, 0.05) is 34.3 Å². The maximum atomic E-state index is 9.38. The minimum absolute atomic E-state index is 0. The number of carbonyl (C=O) groups is 1. The van der Waals surface area contributed by atoms with Gasteiger partial charge in [0.15, 0.2) is 0 Å². The van der Waals surface area contributed by atoms with Crippen molar-refractivity contribution in [2.45, 2.75) is 0 Å². The summed E-state index contributed by atoms with van der Waals surface area (Å²) in [5.74, 6) is 0.157. The van der Waals surface area contributed by atoms with Crippen molar-refractivity contribution < 1.29 is 14.6 Å². The Hall–Kier alpha value is -1.71. The van der Waals surface area contributed by atoms with E-state index < -0.39 is 5.24 Å². The number of primary amides is 1. The number of rotatable bonds is 1. The van der Waals surface area contributed by atoms with Crippen LogP contribution in [0.5, 0.6) is 5.75 Å². The molecule has 0 saturated heterocycles. The third-order valence-electron chi connectivity index (χ3n) is 1.98. The van der Waals surface area contributed by atoms with Crippen molar-refractivity contribution in [3.05, 3.63) is 24.3 Å². The lowest BCUT2D eigenvalue weighted by Gasteiger charge is -2.19. The lowest BCUT2D eigenvalue weighted by Crippen LogP contribution is -2.32. The summed E-state index contributed by atoms with van der Waals surface area (Å²) in [4.78, 5) is 16.8. The minimum atomic E-state index is -0.639. The van der Waals surface area contributed by atoms with Crippen LogP contribution >= 0.6 is 37.3 Å². The van der Waals surface area contributed by atoms with E-state index in [-0.39, 0.29) is 18.2 Å². The van der Waals surface area contributed by atoms with Gasteiger partial charge >= 0.3 is 0 Å². The molecule has 0 heterocycles. The second-order valence-corrected chi connectivity index (χ2v) is 5.20. The SMILES string of the molecule is CN(C)C(=S)OC(=Nc1cccc(O)c1)N(C)C.Cl.NC(=O)S. The number of nitrogens with two attached hydrogens (primary N) is 1. The van der Waals surface area contributed by atoms with Gasteiger partial charge in [0.2, 0.25) is 0 Å². The molecule has 10 heteroatoms. The topological polar surface area (TPSA) is 91.4 Å². The Morgan fingerprint density at radius 1 is 1.30 bits per heavy atom. The molecule has 0 spiro atoms. The van der Waals surface area contributed by atoms with E-state index >= 15 is 0 Å². The molecule has 0 bridgehead atoms. The number of phenols is 1. The lowest BCUT2D eigenvalue weighted by atomic mass is 10.3. The van der Waals surface area contributed by atoms with Gasteiger partial charge in [-0.15, -0.1) is 12.4 Å². The van der Waals surface area contributed by atoms with Gasteiger partial charge in [-0.05, 0) is 24.4 Å². The highest BCUT2D eigenvalue weighted by Gasteiger charge is 2.09. The molecule has 0 unspecified atom stereocenters. The Balaban J connectivity index is 0. The van der Waals surface area contributed by atoms with Crippen LogP contribution in [0.15, 0.2) is 29.3 Å². The fourth-order valence-corrected chi connectivity index (χ4v) is 1.13. The van der Waals surface area contributed by atoms with E-state index in [1.54, 1.807) is 62.3 Å². The van der Waals surface area contributed by atoms with Crippen LogP contribution in [-0.4, -0.2) is 59.5 Å². The van der Waals surface area contributed by atoms with Gasteiger partial charge in [-0.1, -0.05) is 18.7 Å². The standard InChI is InChI=1S/C12H17N3O2S.CH3NOS.ClH/c1-14(2)11(17-12(18)15(3)4)13-9-6-5-7-10(16)8-9;2-1(3)4;/h5-8,16H,1-4H3;(H3,2,3,4);1H. The van der Waals surface area contributed by atoms with Crippen LogP contribution in [0.2, 0.25) is 0 Å². The molecule has 23 heavy (non-hydrogen) atoms. The van der Waals surface area contributed by atoms with Gasteiger partial charge in [0.25, 0.3) is 16.4 Å². The van der Waals surface area contributed by atoms with Crippen molar-refractivity contribution in [3.63, 3.8) is 0 Å². The molecule has 1 rings (SSSR count). The van der Waals surface area contributed by atoms with Gasteiger partial charge in [-0.25, -0.2) is 0 Å². The van der Waals surface area contributed by atoms with Gasteiger partial charge < -0.3 is 25.4 Å². The number of ether oxygens (including phenoxy) is 1. The van der Waals surface area contributed by atoms with Crippen LogP contribution in [0.3, 0.4) is 0 Å². The molecule has 0 aromatic heterocycles. The van der Waals surface area contributed by atoms with E-state index in [9.17, 15) is 5.11 Å². The molecular weight excluding hydrogens is 360 g/mol. The zero-order valence-corrected chi connectivity index (χ0v) is 15.8. The number of phenolic OH excluding ortho intramolecular Hbond substituents is 1. The summed E-state index contributed by atoms with van der Waals surface area (Å²) in [6, 6.07) is 6.97. The lowest BCUT2D eigenvalue weighted by molar-refractivity contribution is 0.267. The number of hydrogen-bond donors (Lipinski definition) is 3. The fourth-order valence-electron chi connectivity index (χ4n) is 1.06. The van der Waals surface area contributed by atoms with E-state index in [1.807, 2.05) is 0 Å². The zero-order chi connectivity index (χ0) is 17.3. The molecule has 0 aliphatic heterocycles. The summed E-state index contributed by atoms with van der Waals surface area (Å²) in [6.45, 7) is 0. The van der Waals surface area contributed by atoms with Crippen molar-refractivity contribution >= 4 is 59.4 Å². The van der Waals surface area contributed by atoms with Crippen molar-refractivity contribution in [2.24, 2.45) is 10.7 Å². The number of hydrogen-bond acceptors (Lipinski definition) is 5. The quantitative estimate of drug-likeness (QED) is 0.299. The van der Waals surface area contributed by atoms with E-state index in [0.29, 0.717) is 16.9 Å². The fraction of sp³-hybridized carbons (Fsp3) is 0.308. The normalized spacial score (nSPS) is 9.70. The maximum absolute atomic E-state index is 9.38. The van der Waals surface area contributed by atoms with E-state index in [2.05, 4.69) is 23.4 Å². The first-order chi connectivity index (χ1) is 10.1. The average Bonchev–Trinajstić information content (AvgIpc) is 2.36. The summed E-state index contributed by atoms with van der Waals surface area (Å²) in [5.41, 5.74) is 4.93. The van der Waals surface area contributed by atoms with Crippen LogP contribution in [0.4, 0.5) is 10.5 Å². The molecule has 3 N–H and O–H groups in total. The Morgan fingerprint density at radius 3 is 2.22 bits per heavy atom. The third-order valence-corrected chi connectivity index (χ3v) is 2.43. The van der Waals surface area contributed by atoms with Crippen molar-refractivity contribution in [1.29, 1.82) is 0 Å². The molecule has 1 aromatic rings. The Morgan fingerprint density at radius 2 is 1.83 bits per heavy atom. The predicted octanol–water partition coefficient (Wildman–Crippen LogP) is 2.22. The molecule has 1 aromatic carbocycles. The largest absolute Gasteiger partial charge is 0.508 e. The molecule has 0 radical (unpaired) electrons. The molecule has 0 atom stereocenters. The zero-order valence-electron chi connectivity index (χ0n) is 13.3. The van der Waals surface area contributed by atoms with E-state index in [4.69, 9.17) is 21.7 Å². The maximum Gasteiger partial charge on any atom is 0.299 e. The summed E-state index contributed by atoms with van der Waals surface area (Å²) < 4.78 is 5.47. The van der Waals surface area contributed by atoms with Crippen molar-refractivity contribution in [2.75, 3.05) is 28.2 Å². The molecule has 7 nitrogen and oxygen atoms in total. The summed E-state index contributed by atoms with van der Waals surface area (Å²) in [7, 11) is 7.20. The number of carbonyl (C=O) groups excluding carboxylic acids is 1. The second kappa shape index (κ2) is 11.8. The highest BCUT2D eigenvalue weighted by atomic mass is 35.5. The van der Waals surface area contributed by atoms with Crippen LogP contribution in [0.1, 0.15) is 0 Å². The Bertz CT molecular complexity index is 550. The number of nitrogens with zero attached hydrogens (tertiary/aromatic N) is 3. The molecule has 0 fully saturated rings. The molecule has 0 aliphatic carbocycles. The number of thiol groups is 1. The van der Waals surface area contributed by atoms with Crippen LogP contribution in [0, 0.1) is 0 Å². The van der Waals surface area contributed by atoms with Crippen molar-refractivity contribution in [3.8, 4) is 5.75 Å². The number of benzene rings is 1. The Labute approximate surface area is 152 Å². The van der Waals surface area contributed by atoms with Crippen LogP contribution in [-0.2, 0) is 4.74 Å². The number of aromatic hydroxyl groups is 1. The third kappa shape index (κ3) is 11.5. The number of amides is 1. The number of aliphatic imine (C=N–C) groups is 1. The van der Waals surface area contributed by atoms with Crippen LogP contribution < -0.4 is 5.73 Å².